The molecule has 0 radical (unpaired) electrons. The van der Waals surface area contributed by atoms with Gasteiger partial charge in [-0.1, -0.05) is 12.1 Å². The summed E-state index contributed by atoms with van der Waals surface area (Å²) in [5, 5.41) is 0. The van der Waals surface area contributed by atoms with Gasteiger partial charge in [0.1, 0.15) is 17.6 Å². The highest BCUT2D eigenvalue weighted by atomic mass is 16.5. The van der Waals surface area contributed by atoms with Gasteiger partial charge in [0.2, 0.25) is 0 Å². The SMILES string of the molecule is COc1ccc2c(c1)O[C@H](c1cccc(OC)c1OC)CC2=O. The molecule has 0 saturated carbocycles. The van der Waals surface area contributed by atoms with E-state index in [9.17, 15) is 4.79 Å². The number of benzene rings is 2. The molecule has 3 rings (SSSR count). The standard InChI is InChI=1S/C18H18O5/c1-20-11-7-8-12-14(19)10-17(23-16(12)9-11)13-5-4-6-15(21-2)18(13)22-3/h4-9,17H,10H2,1-3H3/t17-/m0/s1. The van der Waals surface area contributed by atoms with Crippen LogP contribution in [0.4, 0.5) is 0 Å². The van der Waals surface area contributed by atoms with E-state index in [4.69, 9.17) is 18.9 Å². The van der Waals surface area contributed by atoms with Gasteiger partial charge in [0.15, 0.2) is 17.3 Å². The van der Waals surface area contributed by atoms with Gasteiger partial charge < -0.3 is 18.9 Å². The highest BCUT2D eigenvalue weighted by Gasteiger charge is 2.30. The molecule has 0 aromatic heterocycles. The van der Waals surface area contributed by atoms with Crippen LogP contribution in [0.15, 0.2) is 36.4 Å². The summed E-state index contributed by atoms with van der Waals surface area (Å²) in [5.74, 6) is 2.39. The van der Waals surface area contributed by atoms with Crippen molar-refractivity contribution in [3.8, 4) is 23.0 Å². The number of para-hydroxylation sites is 1. The molecule has 1 aliphatic heterocycles. The van der Waals surface area contributed by atoms with Crippen molar-refractivity contribution in [2.75, 3.05) is 21.3 Å². The van der Waals surface area contributed by atoms with E-state index in [-0.39, 0.29) is 12.2 Å². The molecule has 0 spiro atoms. The number of rotatable bonds is 4. The number of hydrogen-bond donors (Lipinski definition) is 0. The molecule has 5 nitrogen and oxygen atoms in total. The predicted octanol–water partition coefficient (Wildman–Crippen LogP) is 3.42. The van der Waals surface area contributed by atoms with Crippen molar-refractivity contribution in [1.82, 2.24) is 0 Å². The van der Waals surface area contributed by atoms with Gasteiger partial charge >= 0.3 is 0 Å². The van der Waals surface area contributed by atoms with Crippen molar-refractivity contribution in [2.24, 2.45) is 0 Å². The second-order valence-corrected chi connectivity index (χ2v) is 5.18. The Kier molecular flexibility index (Phi) is 4.10. The topological polar surface area (TPSA) is 54.0 Å². The summed E-state index contributed by atoms with van der Waals surface area (Å²) < 4.78 is 22.0. The van der Waals surface area contributed by atoms with Gasteiger partial charge in [0, 0.05) is 11.6 Å². The van der Waals surface area contributed by atoms with E-state index in [1.807, 2.05) is 18.2 Å². The minimum absolute atomic E-state index is 0.0313. The summed E-state index contributed by atoms with van der Waals surface area (Å²) >= 11 is 0. The summed E-state index contributed by atoms with van der Waals surface area (Å²) in [6.07, 6.45) is -0.171. The Hall–Kier alpha value is -2.69. The Morgan fingerprint density at radius 2 is 1.87 bits per heavy atom. The third-order valence-corrected chi connectivity index (χ3v) is 3.91. The third-order valence-electron chi connectivity index (χ3n) is 3.91. The van der Waals surface area contributed by atoms with Crippen LogP contribution in [0.2, 0.25) is 0 Å². The number of hydrogen-bond acceptors (Lipinski definition) is 5. The number of carbonyl (C=O) groups is 1. The van der Waals surface area contributed by atoms with Gasteiger partial charge in [0.05, 0.1) is 33.3 Å². The number of fused-ring (bicyclic) bond motifs is 1. The van der Waals surface area contributed by atoms with Gasteiger partial charge in [-0.3, -0.25) is 4.79 Å². The largest absolute Gasteiger partial charge is 0.497 e. The van der Waals surface area contributed by atoms with Crippen LogP contribution in [-0.4, -0.2) is 27.1 Å². The molecule has 0 amide bonds. The van der Waals surface area contributed by atoms with E-state index in [1.54, 1.807) is 39.5 Å². The lowest BCUT2D eigenvalue weighted by Gasteiger charge is -2.27. The molecule has 0 saturated heterocycles. The van der Waals surface area contributed by atoms with Crippen molar-refractivity contribution in [3.63, 3.8) is 0 Å². The Balaban J connectivity index is 2.01. The molecule has 120 valence electrons. The molecule has 23 heavy (non-hydrogen) atoms. The summed E-state index contributed by atoms with van der Waals surface area (Å²) in [6, 6.07) is 10.8. The molecule has 1 atom stereocenters. The maximum absolute atomic E-state index is 12.4. The van der Waals surface area contributed by atoms with Gasteiger partial charge in [-0.05, 0) is 18.2 Å². The van der Waals surface area contributed by atoms with E-state index < -0.39 is 6.10 Å². The lowest BCUT2D eigenvalue weighted by molar-refractivity contribution is 0.0845. The summed E-state index contributed by atoms with van der Waals surface area (Å²) in [7, 11) is 4.73. The zero-order valence-electron chi connectivity index (χ0n) is 13.3. The maximum atomic E-state index is 12.4. The van der Waals surface area contributed by atoms with E-state index >= 15 is 0 Å². The first-order chi connectivity index (χ1) is 11.2. The molecule has 1 aliphatic rings. The zero-order valence-corrected chi connectivity index (χ0v) is 13.3. The minimum atomic E-state index is -0.424. The fourth-order valence-corrected chi connectivity index (χ4v) is 2.77. The molecular weight excluding hydrogens is 296 g/mol. The first kappa shape index (κ1) is 15.2. The number of carbonyl (C=O) groups excluding carboxylic acids is 1. The lowest BCUT2D eigenvalue weighted by Crippen LogP contribution is -2.21. The van der Waals surface area contributed by atoms with E-state index in [2.05, 4.69) is 0 Å². The summed E-state index contributed by atoms with van der Waals surface area (Å²) in [5.41, 5.74) is 1.36. The van der Waals surface area contributed by atoms with Gasteiger partial charge in [0.25, 0.3) is 0 Å². The van der Waals surface area contributed by atoms with E-state index in [0.717, 1.165) is 5.56 Å². The number of Topliss-reactive ketones (excluding diaryl/α,β-unsaturated/α-hetero) is 1. The summed E-state index contributed by atoms with van der Waals surface area (Å²) in [6.45, 7) is 0. The lowest BCUT2D eigenvalue weighted by atomic mass is 9.95. The number of ether oxygens (including phenoxy) is 4. The van der Waals surface area contributed by atoms with Crippen LogP contribution < -0.4 is 18.9 Å². The van der Waals surface area contributed by atoms with Crippen LogP contribution >= 0.6 is 0 Å². The minimum Gasteiger partial charge on any atom is -0.497 e. The quantitative estimate of drug-likeness (QED) is 0.865. The Morgan fingerprint density at radius 3 is 2.57 bits per heavy atom. The first-order valence-corrected chi connectivity index (χ1v) is 7.26. The molecule has 2 aromatic carbocycles. The van der Waals surface area contributed by atoms with Gasteiger partial charge in [-0.25, -0.2) is 0 Å². The molecule has 5 heteroatoms. The Morgan fingerprint density at radius 1 is 1.04 bits per heavy atom. The molecule has 0 aliphatic carbocycles. The van der Waals surface area contributed by atoms with E-state index in [0.29, 0.717) is 28.6 Å². The smallest absolute Gasteiger partial charge is 0.170 e. The van der Waals surface area contributed by atoms with Gasteiger partial charge in [-0.2, -0.15) is 0 Å². The average molecular weight is 314 g/mol. The molecule has 0 unspecified atom stereocenters. The van der Waals surface area contributed by atoms with Crippen LogP contribution in [0.5, 0.6) is 23.0 Å². The first-order valence-electron chi connectivity index (χ1n) is 7.26. The Labute approximate surface area is 134 Å². The highest BCUT2D eigenvalue weighted by Crippen LogP contribution is 2.42. The average Bonchev–Trinajstić information content (AvgIpc) is 2.60. The number of ketones is 1. The summed E-state index contributed by atoms with van der Waals surface area (Å²) in [4.78, 5) is 12.4. The highest BCUT2D eigenvalue weighted by molar-refractivity contribution is 6.00. The van der Waals surface area contributed by atoms with Crippen LogP contribution in [-0.2, 0) is 0 Å². The monoisotopic (exact) mass is 314 g/mol. The second-order valence-electron chi connectivity index (χ2n) is 5.18. The van der Waals surface area contributed by atoms with Crippen molar-refractivity contribution >= 4 is 5.78 Å². The van der Waals surface area contributed by atoms with Crippen LogP contribution in [0.25, 0.3) is 0 Å². The van der Waals surface area contributed by atoms with Crippen LogP contribution in [0.3, 0.4) is 0 Å². The van der Waals surface area contributed by atoms with Crippen LogP contribution in [0, 0.1) is 0 Å². The molecule has 1 heterocycles. The van der Waals surface area contributed by atoms with Crippen LogP contribution in [0.1, 0.15) is 28.4 Å². The predicted molar refractivity (Wildman–Crippen MR) is 84.9 cm³/mol. The zero-order chi connectivity index (χ0) is 16.4. The molecule has 2 aromatic rings. The fraction of sp³-hybridized carbons (Fsp3) is 0.278. The Bertz CT molecular complexity index is 738. The number of methoxy groups -OCH3 is 3. The second kappa shape index (κ2) is 6.20. The fourth-order valence-electron chi connectivity index (χ4n) is 2.77. The van der Waals surface area contributed by atoms with Crippen molar-refractivity contribution in [2.45, 2.75) is 12.5 Å². The maximum Gasteiger partial charge on any atom is 0.170 e. The molecule has 0 bridgehead atoms. The van der Waals surface area contributed by atoms with Crippen molar-refractivity contribution < 1.29 is 23.7 Å². The molecular formula is C18H18O5. The van der Waals surface area contributed by atoms with Crippen molar-refractivity contribution in [1.29, 1.82) is 0 Å². The van der Waals surface area contributed by atoms with Gasteiger partial charge in [-0.15, -0.1) is 0 Å². The normalized spacial score (nSPS) is 16.3. The van der Waals surface area contributed by atoms with Crippen molar-refractivity contribution in [3.05, 3.63) is 47.5 Å². The third kappa shape index (κ3) is 2.70. The molecule has 0 N–H and O–H groups in total. The van der Waals surface area contributed by atoms with E-state index in [1.165, 1.54) is 0 Å². The molecule has 0 fully saturated rings.